The van der Waals surface area contributed by atoms with Crippen molar-refractivity contribution >= 4 is 27.1 Å². The van der Waals surface area contributed by atoms with Gasteiger partial charge in [0.15, 0.2) is 9.84 Å². The number of para-hydroxylation sites is 2. The zero-order valence-corrected chi connectivity index (χ0v) is 13.9. The zero-order valence-electron chi connectivity index (χ0n) is 13.1. The molecule has 0 saturated carbocycles. The summed E-state index contributed by atoms with van der Waals surface area (Å²) in [7, 11) is -3.17. The standard InChI is InChI=1S/C18H18N2O3S/c21-18-11-19(14-7-3-1-4-8-14)16-12-24(22,23)13-17(16)20(18)15-9-5-2-6-10-15/h1-10,16-17H,11-13H2. The lowest BCUT2D eigenvalue weighted by atomic mass is 10.0. The molecule has 0 bridgehead atoms. The molecule has 2 aromatic carbocycles. The lowest BCUT2D eigenvalue weighted by molar-refractivity contribution is -0.118. The summed E-state index contributed by atoms with van der Waals surface area (Å²) in [5.41, 5.74) is 1.66. The molecule has 2 fully saturated rings. The number of amides is 1. The van der Waals surface area contributed by atoms with Crippen LogP contribution in [0.25, 0.3) is 0 Å². The topological polar surface area (TPSA) is 57.7 Å². The number of benzene rings is 2. The van der Waals surface area contributed by atoms with Crippen LogP contribution in [0.1, 0.15) is 0 Å². The molecule has 0 aromatic heterocycles. The fourth-order valence-corrected chi connectivity index (χ4v) is 5.66. The Bertz CT molecular complexity index is 852. The molecule has 2 saturated heterocycles. The highest BCUT2D eigenvalue weighted by Crippen LogP contribution is 2.34. The highest BCUT2D eigenvalue weighted by atomic mass is 32.2. The van der Waals surface area contributed by atoms with Crippen molar-refractivity contribution in [2.24, 2.45) is 0 Å². The smallest absolute Gasteiger partial charge is 0.246 e. The number of sulfone groups is 1. The summed E-state index contributed by atoms with van der Waals surface area (Å²) in [6.07, 6.45) is 0. The third-order valence-corrected chi connectivity index (χ3v) is 6.42. The highest BCUT2D eigenvalue weighted by Gasteiger charge is 2.49. The van der Waals surface area contributed by atoms with Crippen LogP contribution >= 0.6 is 0 Å². The molecule has 2 aliphatic heterocycles. The third-order valence-electron chi connectivity index (χ3n) is 4.72. The zero-order chi connectivity index (χ0) is 16.7. The lowest BCUT2D eigenvalue weighted by Crippen LogP contribution is -2.62. The van der Waals surface area contributed by atoms with Crippen molar-refractivity contribution in [3.63, 3.8) is 0 Å². The van der Waals surface area contributed by atoms with Crippen LogP contribution in [0.5, 0.6) is 0 Å². The largest absolute Gasteiger partial charge is 0.356 e. The number of carbonyl (C=O) groups is 1. The lowest BCUT2D eigenvalue weighted by Gasteiger charge is -2.44. The van der Waals surface area contributed by atoms with Crippen LogP contribution < -0.4 is 9.80 Å². The monoisotopic (exact) mass is 342 g/mol. The van der Waals surface area contributed by atoms with E-state index in [1.165, 1.54) is 0 Å². The van der Waals surface area contributed by atoms with Gasteiger partial charge in [0.1, 0.15) is 0 Å². The average Bonchev–Trinajstić information content (AvgIpc) is 2.90. The third kappa shape index (κ3) is 2.57. The van der Waals surface area contributed by atoms with Gasteiger partial charge in [-0.2, -0.15) is 0 Å². The van der Waals surface area contributed by atoms with Gasteiger partial charge in [-0.15, -0.1) is 0 Å². The molecular formula is C18H18N2O3S. The summed E-state index contributed by atoms with van der Waals surface area (Å²) in [6.45, 7) is 0.190. The van der Waals surface area contributed by atoms with Gasteiger partial charge in [0.2, 0.25) is 5.91 Å². The minimum absolute atomic E-state index is 0.0155. The van der Waals surface area contributed by atoms with Crippen molar-refractivity contribution < 1.29 is 13.2 Å². The van der Waals surface area contributed by atoms with Gasteiger partial charge >= 0.3 is 0 Å². The van der Waals surface area contributed by atoms with Crippen LogP contribution in [-0.4, -0.2) is 44.5 Å². The fourth-order valence-electron chi connectivity index (χ4n) is 3.71. The van der Waals surface area contributed by atoms with E-state index < -0.39 is 9.84 Å². The van der Waals surface area contributed by atoms with E-state index in [0.29, 0.717) is 0 Å². The Morgan fingerprint density at radius 2 is 1.33 bits per heavy atom. The summed E-state index contributed by atoms with van der Waals surface area (Å²) in [5.74, 6) is 0.0357. The summed E-state index contributed by atoms with van der Waals surface area (Å²) >= 11 is 0. The molecule has 0 N–H and O–H groups in total. The van der Waals surface area contributed by atoms with Gasteiger partial charge < -0.3 is 9.80 Å². The predicted molar refractivity (Wildman–Crippen MR) is 93.9 cm³/mol. The molecule has 0 spiro atoms. The fraction of sp³-hybridized carbons (Fsp3) is 0.278. The molecule has 1 amide bonds. The first kappa shape index (κ1) is 15.2. The van der Waals surface area contributed by atoms with Gasteiger partial charge in [-0.25, -0.2) is 8.42 Å². The average molecular weight is 342 g/mol. The van der Waals surface area contributed by atoms with Crippen molar-refractivity contribution in [1.29, 1.82) is 0 Å². The van der Waals surface area contributed by atoms with E-state index in [2.05, 4.69) is 0 Å². The van der Waals surface area contributed by atoms with Crippen LogP contribution in [0.3, 0.4) is 0 Å². The Hall–Kier alpha value is -2.34. The molecule has 2 atom stereocenters. The summed E-state index contributed by atoms with van der Waals surface area (Å²) < 4.78 is 24.6. The van der Waals surface area contributed by atoms with Gasteiger partial charge in [0.25, 0.3) is 0 Å². The molecule has 2 unspecified atom stereocenters. The second-order valence-corrected chi connectivity index (χ2v) is 8.43. The van der Waals surface area contributed by atoms with E-state index in [-0.39, 0.29) is 36.0 Å². The van der Waals surface area contributed by atoms with E-state index in [1.54, 1.807) is 4.90 Å². The van der Waals surface area contributed by atoms with E-state index in [0.717, 1.165) is 11.4 Å². The number of hydrogen-bond donors (Lipinski definition) is 0. The van der Waals surface area contributed by atoms with Crippen molar-refractivity contribution in [2.45, 2.75) is 12.1 Å². The molecule has 6 heteroatoms. The molecule has 5 nitrogen and oxygen atoms in total. The second-order valence-electron chi connectivity index (χ2n) is 6.27. The maximum Gasteiger partial charge on any atom is 0.246 e. The minimum atomic E-state index is -3.17. The molecule has 0 aliphatic carbocycles. The molecule has 4 rings (SSSR count). The highest BCUT2D eigenvalue weighted by molar-refractivity contribution is 7.91. The molecule has 24 heavy (non-hydrogen) atoms. The number of piperazine rings is 1. The Morgan fingerprint density at radius 3 is 1.96 bits per heavy atom. The summed E-state index contributed by atoms with van der Waals surface area (Å²) in [6, 6.07) is 18.3. The van der Waals surface area contributed by atoms with E-state index in [4.69, 9.17) is 0 Å². The summed E-state index contributed by atoms with van der Waals surface area (Å²) in [4.78, 5) is 16.4. The number of carbonyl (C=O) groups excluding carboxylic acids is 1. The minimum Gasteiger partial charge on any atom is -0.356 e. The van der Waals surface area contributed by atoms with Crippen LogP contribution in [0.4, 0.5) is 11.4 Å². The first-order valence-electron chi connectivity index (χ1n) is 7.94. The second kappa shape index (κ2) is 5.63. The number of rotatable bonds is 2. The maximum absolute atomic E-state index is 12.8. The van der Waals surface area contributed by atoms with E-state index >= 15 is 0 Å². The van der Waals surface area contributed by atoms with Crippen molar-refractivity contribution in [3.8, 4) is 0 Å². The van der Waals surface area contributed by atoms with Gasteiger partial charge in [0.05, 0.1) is 30.1 Å². The molecule has 2 heterocycles. The van der Waals surface area contributed by atoms with Gasteiger partial charge in [-0.05, 0) is 24.3 Å². The van der Waals surface area contributed by atoms with Crippen LogP contribution in [0, 0.1) is 0 Å². The quantitative estimate of drug-likeness (QED) is 0.834. The van der Waals surface area contributed by atoms with Crippen molar-refractivity contribution in [3.05, 3.63) is 60.7 Å². The first-order chi connectivity index (χ1) is 11.6. The molecule has 2 aliphatic rings. The van der Waals surface area contributed by atoms with Gasteiger partial charge in [-0.3, -0.25) is 4.79 Å². The molecule has 0 radical (unpaired) electrons. The van der Waals surface area contributed by atoms with E-state index in [9.17, 15) is 13.2 Å². The first-order valence-corrected chi connectivity index (χ1v) is 9.76. The van der Waals surface area contributed by atoms with Crippen LogP contribution in [0.2, 0.25) is 0 Å². The van der Waals surface area contributed by atoms with Crippen molar-refractivity contribution in [2.75, 3.05) is 27.9 Å². The Balaban J connectivity index is 1.77. The van der Waals surface area contributed by atoms with E-state index in [1.807, 2.05) is 65.6 Å². The van der Waals surface area contributed by atoms with Gasteiger partial charge in [-0.1, -0.05) is 36.4 Å². The predicted octanol–water partition coefficient (Wildman–Crippen LogP) is 1.71. The Kier molecular flexibility index (Phi) is 3.57. The number of anilines is 2. The number of hydrogen-bond acceptors (Lipinski definition) is 4. The summed E-state index contributed by atoms with van der Waals surface area (Å²) in [5, 5.41) is 0. The SMILES string of the molecule is O=C1CN(c2ccccc2)C2CS(=O)(=O)CC2N1c1ccccc1. The molecule has 2 aromatic rings. The molecular weight excluding hydrogens is 324 g/mol. The van der Waals surface area contributed by atoms with Crippen LogP contribution in [-0.2, 0) is 14.6 Å². The van der Waals surface area contributed by atoms with Crippen molar-refractivity contribution in [1.82, 2.24) is 0 Å². The maximum atomic E-state index is 12.8. The molecule has 124 valence electrons. The van der Waals surface area contributed by atoms with Crippen LogP contribution in [0.15, 0.2) is 60.7 Å². The Morgan fingerprint density at radius 1 is 0.792 bits per heavy atom. The number of fused-ring (bicyclic) bond motifs is 1. The number of nitrogens with zero attached hydrogens (tertiary/aromatic N) is 2. The van der Waals surface area contributed by atoms with Gasteiger partial charge in [0, 0.05) is 11.4 Å². The normalized spacial score (nSPS) is 25.6. The Labute approximate surface area is 141 Å².